The van der Waals surface area contributed by atoms with E-state index in [4.69, 9.17) is 18.8 Å². The van der Waals surface area contributed by atoms with Crippen molar-refractivity contribution in [3.05, 3.63) is 0 Å². The zero-order chi connectivity index (χ0) is 2.71. The monoisotopic (exact) mass is 335 g/mol. The second-order valence-corrected chi connectivity index (χ2v) is 3.33. The minimum absolute atomic E-state index is 0. The molecule has 0 bridgehead atoms. The van der Waals surface area contributed by atoms with Crippen molar-refractivity contribution in [2.24, 2.45) is 0 Å². The molecule has 0 saturated heterocycles. The van der Waals surface area contributed by atoms with Crippen molar-refractivity contribution in [1.29, 1.82) is 0 Å². The fourth-order valence-electron chi connectivity index (χ4n) is 0. The molecule has 0 rings (SSSR count). The maximum absolute atomic E-state index is 4.88. The van der Waals surface area contributed by atoms with E-state index in [2.05, 4.69) is 0 Å². The molecule has 0 aliphatic heterocycles. The molecule has 0 fully saturated rings. The third-order valence-electron chi connectivity index (χ3n) is 0. The van der Waals surface area contributed by atoms with Crippen LogP contribution in [0.25, 0.3) is 0 Å². The standard InChI is InChI=1S/2ClH.2H3N.2H2O.Pt/h2*1H;2*1H3;2*1H2;/q;;;;;;+2/p-2. The molecule has 0 aliphatic carbocycles. The fourth-order valence-corrected chi connectivity index (χ4v) is 0. The molecule has 0 atom stereocenters. The quantitative estimate of drug-likeness (QED) is 0.647. The van der Waals surface area contributed by atoms with Crippen LogP contribution in [0.4, 0.5) is 0 Å². The van der Waals surface area contributed by atoms with Gasteiger partial charge in [-0.3, -0.25) is 0 Å². The van der Waals surface area contributed by atoms with Crippen molar-refractivity contribution in [2.75, 3.05) is 0 Å². The maximum atomic E-state index is 4.88. The van der Waals surface area contributed by atoms with Crippen molar-refractivity contribution < 1.29 is 27.4 Å². The topological polar surface area (TPSA) is 133 Å². The van der Waals surface area contributed by atoms with E-state index in [1.54, 1.807) is 0 Å². The van der Waals surface area contributed by atoms with Gasteiger partial charge in [0.15, 0.2) is 0 Å². The van der Waals surface area contributed by atoms with Crippen LogP contribution in [0.1, 0.15) is 0 Å². The summed E-state index contributed by atoms with van der Waals surface area (Å²) in [4.78, 5) is 0. The molecule has 0 aromatic carbocycles. The summed E-state index contributed by atoms with van der Waals surface area (Å²) < 4.78 is 0. The summed E-state index contributed by atoms with van der Waals surface area (Å²) in [6.45, 7) is 0. The van der Waals surface area contributed by atoms with Crippen molar-refractivity contribution >= 4 is 18.8 Å². The molecule has 0 unspecified atom stereocenters. The Morgan fingerprint density at radius 2 is 0.857 bits per heavy atom. The second kappa shape index (κ2) is 59.7. The van der Waals surface area contributed by atoms with Gasteiger partial charge in [-0.25, -0.2) is 0 Å². The third-order valence-corrected chi connectivity index (χ3v) is 0. The summed E-state index contributed by atoms with van der Waals surface area (Å²) in [7, 11) is 9.75. The van der Waals surface area contributed by atoms with E-state index in [9.17, 15) is 0 Å². The van der Waals surface area contributed by atoms with Gasteiger partial charge in [0, 0.05) is 0 Å². The van der Waals surface area contributed by atoms with Gasteiger partial charge in [0.05, 0.1) is 0 Å². The molecule has 0 heterocycles. The summed E-state index contributed by atoms with van der Waals surface area (Å²) in [6.07, 6.45) is 0. The zero-order valence-electron chi connectivity index (χ0n) is 3.49. The summed E-state index contributed by atoms with van der Waals surface area (Å²) in [5.41, 5.74) is 0. The Balaban J connectivity index is -0.00000000333. The SMILES string of the molecule is N.N.O.O.[Cl][Pt][Cl]. The van der Waals surface area contributed by atoms with Crippen LogP contribution in [-0.2, 0) is 16.5 Å². The molecule has 10 N–H and O–H groups in total. The van der Waals surface area contributed by atoms with Crippen molar-refractivity contribution in [1.82, 2.24) is 12.3 Å². The Morgan fingerprint density at radius 3 is 0.857 bits per heavy atom. The van der Waals surface area contributed by atoms with Gasteiger partial charge in [0.2, 0.25) is 0 Å². The Labute approximate surface area is 58.7 Å². The van der Waals surface area contributed by atoms with Gasteiger partial charge in [0.1, 0.15) is 0 Å². The second-order valence-electron chi connectivity index (χ2n) is 0.0452. The van der Waals surface area contributed by atoms with E-state index in [1.807, 2.05) is 0 Å². The predicted octanol–water partition coefficient (Wildman–Crippen LogP) is 0.0511. The number of halogens is 2. The molecule has 0 amide bonds. The third kappa shape index (κ3) is 151. The first-order valence-corrected chi connectivity index (χ1v) is 5.87. The van der Waals surface area contributed by atoms with Crippen LogP contribution >= 0.6 is 18.8 Å². The van der Waals surface area contributed by atoms with Gasteiger partial charge >= 0.3 is 35.3 Å². The number of hydrogen-bond donors (Lipinski definition) is 2. The van der Waals surface area contributed by atoms with Crippen LogP contribution in [0.15, 0.2) is 0 Å². The summed E-state index contributed by atoms with van der Waals surface area (Å²) in [6, 6.07) is 0. The van der Waals surface area contributed by atoms with E-state index in [-0.39, 0.29) is 23.3 Å². The fraction of sp³-hybridized carbons (Fsp3) is 0. The van der Waals surface area contributed by atoms with Crippen LogP contribution in [-0.4, -0.2) is 11.0 Å². The van der Waals surface area contributed by atoms with Crippen LogP contribution < -0.4 is 12.3 Å². The molecule has 0 spiro atoms. The van der Waals surface area contributed by atoms with E-state index in [0.717, 1.165) is 0 Å². The van der Waals surface area contributed by atoms with Gasteiger partial charge in [-0.05, 0) is 0 Å². The molecule has 7 heavy (non-hydrogen) atoms. The predicted molar refractivity (Wildman–Crippen MR) is 29.0 cm³/mol. The molecule has 0 radical (unpaired) electrons. The van der Waals surface area contributed by atoms with Gasteiger partial charge in [-0.15, -0.1) is 0 Å². The van der Waals surface area contributed by atoms with Crippen molar-refractivity contribution in [3.63, 3.8) is 0 Å². The van der Waals surface area contributed by atoms with E-state index >= 15 is 0 Å². The average Bonchev–Trinajstić information content (AvgIpc) is 0.918. The van der Waals surface area contributed by atoms with E-state index in [1.165, 1.54) is 0 Å². The summed E-state index contributed by atoms with van der Waals surface area (Å²) >= 11 is -0.472. The first-order valence-electron chi connectivity index (χ1n) is 0.239. The molecule has 4 nitrogen and oxygen atoms in total. The molecule has 7 heteroatoms. The molecule has 0 saturated carbocycles. The Bertz CT molecular complexity index is 13.7. The van der Waals surface area contributed by atoms with Crippen molar-refractivity contribution in [2.45, 2.75) is 0 Å². The molecular formula is H10Cl2N2O2Pt. The number of hydrogen-bond acceptors (Lipinski definition) is 2. The molecule has 0 aromatic rings. The minimum atomic E-state index is -0.472. The van der Waals surface area contributed by atoms with Gasteiger partial charge < -0.3 is 23.3 Å². The van der Waals surface area contributed by atoms with Gasteiger partial charge in [-0.2, -0.15) is 0 Å². The summed E-state index contributed by atoms with van der Waals surface area (Å²) in [5, 5.41) is 0. The van der Waals surface area contributed by atoms with Gasteiger partial charge in [0.25, 0.3) is 0 Å². The molecular weight excluding hydrogens is 326 g/mol. The zero-order valence-corrected chi connectivity index (χ0v) is 7.27. The Morgan fingerprint density at radius 1 is 0.857 bits per heavy atom. The van der Waals surface area contributed by atoms with Crippen molar-refractivity contribution in [3.8, 4) is 0 Å². The van der Waals surface area contributed by atoms with Crippen LogP contribution in [0.3, 0.4) is 0 Å². The molecule has 0 aromatic heterocycles. The normalized spacial score (nSPS) is 3.14. The van der Waals surface area contributed by atoms with E-state index in [0.29, 0.717) is 0 Å². The Kier molecular flexibility index (Phi) is 361. The Hall–Kier alpha value is 1.11. The van der Waals surface area contributed by atoms with Crippen LogP contribution in [0, 0.1) is 0 Å². The first kappa shape index (κ1) is 42.4. The first-order chi connectivity index (χ1) is 1.41. The molecule has 56 valence electrons. The van der Waals surface area contributed by atoms with Gasteiger partial charge in [-0.1, -0.05) is 0 Å². The van der Waals surface area contributed by atoms with Crippen LogP contribution in [0.2, 0.25) is 0 Å². The average molecular weight is 336 g/mol. The van der Waals surface area contributed by atoms with Crippen LogP contribution in [0.5, 0.6) is 0 Å². The van der Waals surface area contributed by atoms with E-state index < -0.39 is 16.5 Å². The summed E-state index contributed by atoms with van der Waals surface area (Å²) in [5.74, 6) is 0. The molecule has 0 aliphatic rings. The number of rotatable bonds is 0.